The molecule has 28 heavy (non-hydrogen) atoms. The van der Waals surface area contributed by atoms with Crippen molar-refractivity contribution in [1.82, 2.24) is 9.97 Å². The summed E-state index contributed by atoms with van der Waals surface area (Å²) in [6.45, 7) is 1.79. The highest BCUT2D eigenvalue weighted by Crippen LogP contribution is 2.31. The third kappa shape index (κ3) is 4.53. The molecule has 0 atom stereocenters. The fourth-order valence-electron chi connectivity index (χ4n) is 2.42. The lowest BCUT2D eigenvalue weighted by molar-refractivity contribution is -0.383. The second kappa shape index (κ2) is 7.51. The Morgan fingerprint density at radius 2 is 1.64 bits per heavy atom. The number of nitro benzene ring substituents is 1. The van der Waals surface area contributed by atoms with Crippen LogP contribution in [-0.4, -0.2) is 14.9 Å². The molecule has 1 aromatic heterocycles. The van der Waals surface area contributed by atoms with Crippen molar-refractivity contribution in [3.63, 3.8) is 0 Å². The largest absolute Gasteiger partial charge is 0.416 e. The molecule has 0 unspecified atom stereocenters. The standard InChI is InChI=1S/C18H14F3N5O2/c1-11-2-7-15(26(27)28)14(8-11)24-17-10-22-9-16(25-17)23-13-5-3-12(4-6-13)18(19,20)21/h2-10H,1H3,(H2,23,24,25). The molecule has 3 rings (SSSR count). The van der Waals surface area contributed by atoms with E-state index in [0.29, 0.717) is 5.69 Å². The number of alkyl halides is 3. The fourth-order valence-corrected chi connectivity index (χ4v) is 2.42. The number of hydrogen-bond acceptors (Lipinski definition) is 6. The topological polar surface area (TPSA) is 93.0 Å². The number of nitrogens with zero attached hydrogens (tertiary/aromatic N) is 3. The van der Waals surface area contributed by atoms with Crippen LogP contribution in [0, 0.1) is 17.0 Å². The highest BCUT2D eigenvalue weighted by Gasteiger charge is 2.29. The first-order valence-electron chi connectivity index (χ1n) is 8.01. The molecule has 0 saturated heterocycles. The molecule has 3 aromatic rings. The minimum Gasteiger partial charge on any atom is -0.339 e. The molecule has 0 bridgehead atoms. The molecule has 0 aliphatic rings. The molecule has 0 aliphatic carbocycles. The van der Waals surface area contributed by atoms with Gasteiger partial charge in [0, 0.05) is 11.8 Å². The van der Waals surface area contributed by atoms with Crippen LogP contribution in [0.25, 0.3) is 0 Å². The number of aryl methyl sites for hydroxylation is 1. The molecule has 2 N–H and O–H groups in total. The van der Waals surface area contributed by atoms with Gasteiger partial charge in [0.25, 0.3) is 5.69 Å². The SMILES string of the molecule is Cc1ccc([N+](=O)[O-])c(Nc2cncc(Nc3ccc(C(F)(F)F)cc3)n2)c1. The van der Waals surface area contributed by atoms with E-state index < -0.39 is 16.7 Å². The van der Waals surface area contributed by atoms with Crippen LogP contribution < -0.4 is 10.6 Å². The monoisotopic (exact) mass is 389 g/mol. The Hall–Kier alpha value is -3.69. The van der Waals surface area contributed by atoms with Gasteiger partial charge in [-0.25, -0.2) is 4.98 Å². The normalized spacial score (nSPS) is 11.1. The second-order valence-corrected chi connectivity index (χ2v) is 5.89. The van der Waals surface area contributed by atoms with Gasteiger partial charge < -0.3 is 10.6 Å². The predicted molar refractivity (Wildman–Crippen MR) is 97.9 cm³/mol. The molecule has 0 saturated carbocycles. The van der Waals surface area contributed by atoms with Crippen LogP contribution in [0.2, 0.25) is 0 Å². The van der Waals surface area contributed by atoms with Crippen LogP contribution in [0.1, 0.15) is 11.1 Å². The average molecular weight is 389 g/mol. The van der Waals surface area contributed by atoms with E-state index in [4.69, 9.17) is 0 Å². The van der Waals surface area contributed by atoms with E-state index in [1.54, 1.807) is 19.1 Å². The maximum Gasteiger partial charge on any atom is 0.416 e. The van der Waals surface area contributed by atoms with Gasteiger partial charge in [-0.3, -0.25) is 15.1 Å². The van der Waals surface area contributed by atoms with Crippen LogP contribution in [0.3, 0.4) is 0 Å². The zero-order valence-electron chi connectivity index (χ0n) is 14.5. The van der Waals surface area contributed by atoms with Crippen LogP contribution >= 0.6 is 0 Å². The van der Waals surface area contributed by atoms with Crippen LogP contribution in [0.4, 0.5) is 41.9 Å². The minimum absolute atomic E-state index is 0.117. The zero-order valence-corrected chi connectivity index (χ0v) is 14.5. The zero-order chi connectivity index (χ0) is 20.3. The molecular formula is C18H14F3N5O2. The number of benzene rings is 2. The molecule has 0 radical (unpaired) electrons. The summed E-state index contributed by atoms with van der Waals surface area (Å²) in [6, 6.07) is 9.07. The first-order chi connectivity index (χ1) is 13.2. The molecule has 0 aliphatic heterocycles. The Bertz CT molecular complexity index is 1010. The fraction of sp³-hybridized carbons (Fsp3) is 0.111. The summed E-state index contributed by atoms with van der Waals surface area (Å²) in [5.74, 6) is 0.505. The van der Waals surface area contributed by atoms with E-state index in [2.05, 4.69) is 20.6 Å². The predicted octanol–water partition coefficient (Wildman–Crippen LogP) is 5.20. The van der Waals surface area contributed by atoms with Gasteiger partial charge in [-0.05, 0) is 42.8 Å². The summed E-state index contributed by atoms with van der Waals surface area (Å²) in [5.41, 5.74) is 0.590. The Morgan fingerprint density at radius 1 is 1.00 bits per heavy atom. The van der Waals surface area contributed by atoms with E-state index in [1.807, 2.05) is 0 Å². The Labute approximate surface area is 157 Å². The first kappa shape index (κ1) is 19.1. The van der Waals surface area contributed by atoms with Gasteiger partial charge in [-0.15, -0.1) is 0 Å². The first-order valence-corrected chi connectivity index (χ1v) is 8.01. The molecule has 10 heteroatoms. The number of aromatic nitrogens is 2. The average Bonchev–Trinajstić information content (AvgIpc) is 2.61. The van der Waals surface area contributed by atoms with Crippen molar-refractivity contribution in [2.24, 2.45) is 0 Å². The lowest BCUT2D eigenvalue weighted by Crippen LogP contribution is -2.05. The molecule has 0 amide bonds. The van der Waals surface area contributed by atoms with E-state index >= 15 is 0 Å². The highest BCUT2D eigenvalue weighted by atomic mass is 19.4. The van der Waals surface area contributed by atoms with E-state index in [1.165, 1.54) is 30.6 Å². The number of anilines is 4. The highest BCUT2D eigenvalue weighted by molar-refractivity contribution is 5.69. The number of rotatable bonds is 5. The lowest BCUT2D eigenvalue weighted by Gasteiger charge is -2.11. The van der Waals surface area contributed by atoms with Gasteiger partial charge in [0.15, 0.2) is 11.6 Å². The van der Waals surface area contributed by atoms with Crippen molar-refractivity contribution in [3.8, 4) is 0 Å². The third-order valence-corrected chi connectivity index (χ3v) is 3.73. The van der Waals surface area contributed by atoms with Crippen LogP contribution in [-0.2, 0) is 6.18 Å². The minimum atomic E-state index is -4.41. The summed E-state index contributed by atoms with van der Waals surface area (Å²) >= 11 is 0. The van der Waals surface area contributed by atoms with Crippen molar-refractivity contribution in [1.29, 1.82) is 0 Å². The van der Waals surface area contributed by atoms with Crippen molar-refractivity contribution in [2.45, 2.75) is 13.1 Å². The van der Waals surface area contributed by atoms with Gasteiger partial charge >= 0.3 is 6.18 Å². The molecule has 1 heterocycles. The van der Waals surface area contributed by atoms with Crippen molar-refractivity contribution in [2.75, 3.05) is 10.6 Å². The van der Waals surface area contributed by atoms with Gasteiger partial charge in [-0.2, -0.15) is 13.2 Å². The van der Waals surface area contributed by atoms with Crippen LogP contribution in [0.5, 0.6) is 0 Å². The van der Waals surface area contributed by atoms with Gasteiger partial charge in [-0.1, -0.05) is 6.07 Å². The smallest absolute Gasteiger partial charge is 0.339 e. The van der Waals surface area contributed by atoms with Gasteiger partial charge in [0.2, 0.25) is 0 Å². The van der Waals surface area contributed by atoms with E-state index in [-0.39, 0.29) is 23.0 Å². The quantitative estimate of drug-likeness (QED) is 0.460. The lowest BCUT2D eigenvalue weighted by atomic mass is 10.2. The number of hydrogen-bond donors (Lipinski definition) is 2. The van der Waals surface area contributed by atoms with Crippen LogP contribution in [0.15, 0.2) is 54.9 Å². The van der Waals surface area contributed by atoms with E-state index in [9.17, 15) is 23.3 Å². The molecule has 2 aromatic carbocycles. The molecule has 0 fully saturated rings. The second-order valence-electron chi connectivity index (χ2n) is 5.89. The summed E-state index contributed by atoms with van der Waals surface area (Å²) in [6.07, 6.45) is -1.65. The van der Waals surface area contributed by atoms with Crippen molar-refractivity contribution >= 4 is 28.7 Å². The Balaban J connectivity index is 1.80. The summed E-state index contributed by atoms with van der Waals surface area (Å²) in [5, 5.41) is 16.9. The van der Waals surface area contributed by atoms with Crippen molar-refractivity contribution < 1.29 is 18.1 Å². The van der Waals surface area contributed by atoms with Crippen molar-refractivity contribution in [3.05, 3.63) is 76.1 Å². The number of nitrogens with one attached hydrogen (secondary N) is 2. The summed E-state index contributed by atoms with van der Waals surface area (Å²) < 4.78 is 37.9. The molecule has 0 spiro atoms. The maximum absolute atomic E-state index is 12.6. The molecular weight excluding hydrogens is 375 g/mol. The van der Waals surface area contributed by atoms with E-state index in [0.717, 1.165) is 17.7 Å². The summed E-state index contributed by atoms with van der Waals surface area (Å²) in [7, 11) is 0. The Morgan fingerprint density at radius 3 is 2.25 bits per heavy atom. The number of nitro groups is 1. The third-order valence-electron chi connectivity index (χ3n) is 3.73. The summed E-state index contributed by atoms with van der Waals surface area (Å²) in [4.78, 5) is 18.9. The Kier molecular flexibility index (Phi) is 5.12. The van der Waals surface area contributed by atoms with Gasteiger partial charge in [0.05, 0.1) is 22.9 Å². The molecule has 144 valence electrons. The molecule has 7 nitrogen and oxygen atoms in total. The number of halogens is 3. The maximum atomic E-state index is 12.6. The van der Waals surface area contributed by atoms with Gasteiger partial charge in [0.1, 0.15) is 5.69 Å².